The summed E-state index contributed by atoms with van der Waals surface area (Å²) in [7, 11) is 1.73. The number of carbonyl (C=O) groups is 2. The first-order chi connectivity index (χ1) is 24.5. The van der Waals surface area contributed by atoms with Gasteiger partial charge in [-0.15, -0.1) is 0 Å². The summed E-state index contributed by atoms with van der Waals surface area (Å²) in [5.74, 6) is 2.03. The summed E-state index contributed by atoms with van der Waals surface area (Å²) >= 11 is 0. The van der Waals surface area contributed by atoms with E-state index in [2.05, 4.69) is 101 Å². The number of methoxy groups -OCH3 is 1. The van der Waals surface area contributed by atoms with Crippen LogP contribution in [0.2, 0.25) is 0 Å². The van der Waals surface area contributed by atoms with Gasteiger partial charge < -0.3 is 19.7 Å². The van der Waals surface area contributed by atoms with Gasteiger partial charge in [-0.3, -0.25) is 14.4 Å². The molecule has 3 saturated carbocycles. The fourth-order valence-electron chi connectivity index (χ4n) is 8.41. The predicted molar refractivity (Wildman–Crippen MR) is 201 cm³/mol. The second-order valence-corrected chi connectivity index (χ2v) is 16.7. The third kappa shape index (κ3) is 8.45. The van der Waals surface area contributed by atoms with E-state index in [4.69, 9.17) is 9.47 Å². The van der Waals surface area contributed by atoms with Crippen molar-refractivity contribution in [3.63, 3.8) is 0 Å². The molecule has 7 rings (SSSR count). The molecule has 51 heavy (non-hydrogen) atoms. The summed E-state index contributed by atoms with van der Waals surface area (Å²) in [6.07, 6.45) is 13.3. The molecule has 3 aliphatic carbocycles. The number of ether oxygens (including phenoxy) is 2. The number of nitrogens with zero attached hydrogens (tertiary/aromatic N) is 4. The fourth-order valence-corrected chi connectivity index (χ4v) is 8.41. The molecule has 2 aromatic carbocycles. The minimum absolute atomic E-state index is 0.0835. The number of likely N-dealkylation sites (tertiary alicyclic amines) is 1. The van der Waals surface area contributed by atoms with Crippen molar-refractivity contribution in [2.75, 3.05) is 31.6 Å². The van der Waals surface area contributed by atoms with E-state index in [1.807, 2.05) is 6.20 Å². The van der Waals surface area contributed by atoms with Crippen molar-refractivity contribution in [2.24, 2.45) is 11.8 Å². The van der Waals surface area contributed by atoms with Gasteiger partial charge in [0.05, 0.1) is 25.4 Å². The number of hydrogen-bond donors (Lipinski definition) is 1. The summed E-state index contributed by atoms with van der Waals surface area (Å²) < 4.78 is 13.4. The molecular weight excluding hydrogens is 638 g/mol. The maximum absolute atomic E-state index is 14.5. The molecular formula is C42H57N5O4. The SMILES string of the molecule is COc1ccc(C2CCC(CN(C(=O)C3CCC(OC(=O)NC4CN(C(C)(C)C)C4)CC3)c3cccc(-c4cnn(C5CC5)c4)c3)CC2)cc1C. The van der Waals surface area contributed by atoms with E-state index in [9.17, 15) is 9.59 Å². The summed E-state index contributed by atoms with van der Waals surface area (Å²) in [6, 6.07) is 15.7. The molecule has 2 amide bonds. The van der Waals surface area contributed by atoms with Gasteiger partial charge in [0.15, 0.2) is 0 Å². The van der Waals surface area contributed by atoms with Crippen molar-refractivity contribution < 1.29 is 19.1 Å². The van der Waals surface area contributed by atoms with E-state index in [1.165, 1.54) is 24.0 Å². The van der Waals surface area contributed by atoms with Crippen LogP contribution in [0.25, 0.3) is 11.1 Å². The lowest BCUT2D eigenvalue weighted by atomic mass is 9.78. The molecule has 1 aromatic heterocycles. The van der Waals surface area contributed by atoms with Crippen LogP contribution in [0.1, 0.15) is 108 Å². The molecule has 0 radical (unpaired) electrons. The maximum Gasteiger partial charge on any atom is 0.407 e. The van der Waals surface area contributed by atoms with Gasteiger partial charge in [0, 0.05) is 48.5 Å². The molecule has 9 nitrogen and oxygen atoms in total. The van der Waals surface area contributed by atoms with Crippen molar-refractivity contribution in [3.05, 3.63) is 66.0 Å². The minimum Gasteiger partial charge on any atom is -0.496 e. The van der Waals surface area contributed by atoms with Crippen LogP contribution in [0.3, 0.4) is 0 Å². The molecule has 1 saturated heterocycles. The van der Waals surface area contributed by atoms with Crippen LogP contribution >= 0.6 is 0 Å². The van der Waals surface area contributed by atoms with E-state index in [-0.39, 0.29) is 35.6 Å². The smallest absolute Gasteiger partial charge is 0.407 e. The lowest BCUT2D eigenvalue weighted by Crippen LogP contribution is -2.64. The summed E-state index contributed by atoms with van der Waals surface area (Å²) in [4.78, 5) is 31.7. The highest BCUT2D eigenvalue weighted by molar-refractivity contribution is 5.95. The van der Waals surface area contributed by atoms with Gasteiger partial charge >= 0.3 is 6.09 Å². The monoisotopic (exact) mass is 695 g/mol. The van der Waals surface area contributed by atoms with E-state index in [0.29, 0.717) is 30.7 Å². The van der Waals surface area contributed by atoms with Gasteiger partial charge in [-0.1, -0.05) is 24.3 Å². The average Bonchev–Trinajstić information content (AvgIpc) is 3.84. The lowest BCUT2D eigenvalue weighted by Gasteiger charge is -2.47. The highest BCUT2D eigenvalue weighted by atomic mass is 16.6. The second-order valence-electron chi connectivity index (χ2n) is 16.7. The number of amides is 2. The van der Waals surface area contributed by atoms with Crippen molar-refractivity contribution >= 4 is 17.7 Å². The molecule has 0 spiro atoms. The van der Waals surface area contributed by atoms with Crippen LogP contribution in [-0.4, -0.2) is 71.1 Å². The number of benzene rings is 2. The van der Waals surface area contributed by atoms with Crippen LogP contribution in [0, 0.1) is 18.8 Å². The Labute approximate surface area is 304 Å². The highest BCUT2D eigenvalue weighted by Crippen LogP contribution is 2.40. The van der Waals surface area contributed by atoms with Crippen LogP contribution in [-0.2, 0) is 9.53 Å². The Morgan fingerprint density at radius 2 is 1.67 bits per heavy atom. The quantitative estimate of drug-likeness (QED) is 0.230. The van der Waals surface area contributed by atoms with Crippen molar-refractivity contribution in [2.45, 2.75) is 122 Å². The first kappa shape index (κ1) is 35.5. The van der Waals surface area contributed by atoms with Gasteiger partial charge in [0.1, 0.15) is 11.9 Å². The average molecular weight is 696 g/mol. The van der Waals surface area contributed by atoms with Gasteiger partial charge in [0.2, 0.25) is 5.91 Å². The standard InChI is InChI=1S/C42H57N5O4/c1-28-21-33(15-20-39(28)50-5)30-11-9-29(10-12-30)24-46(37-8-6-7-32(22-37)34-23-43-47(25-34)36-16-17-36)40(48)31-13-18-38(19-14-31)51-41(49)44-35-26-45(27-35)42(2,3)4/h6-8,15,20-23,25,29-31,35-36,38H,9-14,16-19,24,26-27H2,1-5H3,(H,44,49). The first-order valence-corrected chi connectivity index (χ1v) is 19.4. The molecule has 4 aliphatic rings. The molecule has 1 N–H and O–H groups in total. The molecule has 274 valence electrons. The summed E-state index contributed by atoms with van der Waals surface area (Å²) in [5.41, 5.74) is 5.84. The molecule has 3 aromatic rings. The molecule has 0 bridgehead atoms. The topological polar surface area (TPSA) is 88.9 Å². The zero-order chi connectivity index (χ0) is 35.7. The first-order valence-electron chi connectivity index (χ1n) is 19.4. The number of hydrogen-bond acceptors (Lipinski definition) is 6. The third-order valence-electron chi connectivity index (χ3n) is 11.9. The van der Waals surface area contributed by atoms with Crippen LogP contribution in [0.4, 0.5) is 10.5 Å². The Kier molecular flexibility index (Phi) is 10.5. The molecule has 9 heteroatoms. The Balaban J connectivity index is 0.997. The summed E-state index contributed by atoms with van der Waals surface area (Å²) in [6.45, 7) is 11.1. The normalized spacial score (nSPS) is 24.4. The number of alkyl carbamates (subject to hydrolysis) is 1. The number of aromatic nitrogens is 2. The van der Waals surface area contributed by atoms with E-state index >= 15 is 0 Å². The number of rotatable bonds is 10. The lowest BCUT2D eigenvalue weighted by molar-refractivity contribution is -0.124. The Morgan fingerprint density at radius 3 is 2.33 bits per heavy atom. The molecule has 1 aliphatic heterocycles. The zero-order valence-corrected chi connectivity index (χ0v) is 31.3. The molecule has 2 heterocycles. The molecule has 4 fully saturated rings. The predicted octanol–water partition coefficient (Wildman–Crippen LogP) is 8.28. The largest absolute Gasteiger partial charge is 0.496 e. The summed E-state index contributed by atoms with van der Waals surface area (Å²) in [5, 5.41) is 7.68. The zero-order valence-electron chi connectivity index (χ0n) is 31.3. The number of anilines is 1. The molecule has 0 atom stereocenters. The second kappa shape index (κ2) is 15.0. The number of carbonyl (C=O) groups excluding carboxylic acids is 2. The van der Waals surface area contributed by atoms with Crippen molar-refractivity contribution in [1.82, 2.24) is 20.0 Å². The van der Waals surface area contributed by atoms with Crippen LogP contribution in [0.5, 0.6) is 5.75 Å². The van der Waals surface area contributed by atoms with E-state index < -0.39 is 0 Å². The Bertz CT molecular complexity index is 1670. The number of aryl methyl sites for hydroxylation is 1. The van der Waals surface area contributed by atoms with Gasteiger partial charge in [-0.25, -0.2) is 4.79 Å². The fraction of sp³-hybridized carbons (Fsp3) is 0.595. The minimum atomic E-state index is -0.327. The van der Waals surface area contributed by atoms with Crippen molar-refractivity contribution in [1.29, 1.82) is 0 Å². The van der Waals surface area contributed by atoms with E-state index in [1.54, 1.807) is 7.11 Å². The number of nitrogens with one attached hydrogen (secondary N) is 1. The van der Waals surface area contributed by atoms with Gasteiger partial charge in [-0.2, -0.15) is 5.10 Å². The maximum atomic E-state index is 14.5. The third-order valence-corrected chi connectivity index (χ3v) is 11.9. The van der Waals surface area contributed by atoms with Gasteiger partial charge in [0.25, 0.3) is 0 Å². The molecule has 0 unspecified atom stereocenters. The van der Waals surface area contributed by atoms with Crippen LogP contribution in [0.15, 0.2) is 54.9 Å². The Morgan fingerprint density at radius 1 is 0.922 bits per heavy atom. The Hall–Kier alpha value is -3.85. The highest BCUT2D eigenvalue weighted by Gasteiger charge is 2.37. The van der Waals surface area contributed by atoms with Crippen LogP contribution < -0.4 is 15.0 Å². The van der Waals surface area contributed by atoms with E-state index in [0.717, 1.165) is 80.7 Å². The van der Waals surface area contributed by atoms with Crippen molar-refractivity contribution in [3.8, 4) is 16.9 Å². The van der Waals surface area contributed by atoms with Gasteiger partial charge in [-0.05, 0) is 139 Å².